The standard InChI is InChI=1S/C29H25N3.2C2H6/c1-5-11-22(6-2)27-30-28(23-12-8-7-9-13-23)32-29(31-27)26-15-10-14-24(19-26)25-17-16-20(3)21(4)18-25;2*1-2/h5-19H,1-2H2,3-4H3;2*1-2H3/b22-11+;;. The van der Waals surface area contributed by atoms with E-state index >= 15 is 0 Å². The van der Waals surface area contributed by atoms with Crippen molar-refractivity contribution in [2.75, 3.05) is 0 Å². The fourth-order valence-corrected chi connectivity index (χ4v) is 3.47. The molecule has 4 rings (SSSR count). The molecule has 1 aromatic heterocycles. The summed E-state index contributed by atoms with van der Waals surface area (Å²) in [6.45, 7) is 20.0. The highest BCUT2D eigenvalue weighted by molar-refractivity contribution is 5.75. The molecule has 0 unspecified atom stereocenters. The highest BCUT2D eigenvalue weighted by Crippen LogP contribution is 2.28. The molecule has 3 heteroatoms. The summed E-state index contributed by atoms with van der Waals surface area (Å²) in [5.41, 5.74) is 7.52. The van der Waals surface area contributed by atoms with Crippen LogP contribution in [-0.2, 0) is 0 Å². The van der Waals surface area contributed by atoms with Crippen LogP contribution in [0, 0.1) is 13.8 Å². The topological polar surface area (TPSA) is 38.7 Å². The van der Waals surface area contributed by atoms with Crippen molar-refractivity contribution in [3.63, 3.8) is 0 Å². The lowest BCUT2D eigenvalue weighted by Crippen LogP contribution is -2.02. The quantitative estimate of drug-likeness (QED) is 0.261. The predicted molar refractivity (Wildman–Crippen MR) is 157 cm³/mol. The highest BCUT2D eigenvalue weighted by atomic mass is 15.0. The molecule has 1 heterocycles. The Labute approximate surface area is 217 Å². The van der Waals surface area contributed by atoms with Crippen molar-refractivity contribution < 1.29 is 0 Å². The van der Waals surface area contributed by atoms with Gasteiger partial charge in [-0.3, -0.25) is 0 Å². The Bertz CT molecular complexity index is 1320. The molecular formula is C33H37N3. The van der Waals surface area contributed by atoms with Crippen LogP contribution in [0.1, 0.15) is 44.6 Å². The summed E-state index contributed by atoms with van der Waals surface area (Å²) in [6.07, 6.45) is 5.30. The molecule has 0 bridgehead atoms. The SMILES string of the molecule is C=C/C=C(\C=C)c1nc(-c2ccccc2)nc(-c2cccc(-c3ccc(C)c(C)c3)c2)n1.CC.CC. The van der Waals surface area contributed by atoms with Gasteiger partial charge in [-0.1, -0.05) is 126 Å². The first kappa shape index (κ1) is 28.1. The molecule has 184 valence electrons. The van der Waals surface area contributed by atoms with E-state index in [9.17, 15) is 0 Å². The molecule has 0 aliphatic carbocycles. The highest BCUT2D eigenvalue weighted by Gasteiger charge is 2.13. The van der Waals surface area contributed by atoms with Crippen LogP contribution in [0.25, 0.3) is 39.5 Å². The molecule has 3 aromatic carbocycles. The Morgan fingerprint density at radius 1 is 0.611 bits per heavy atom. The van der Waals surface area contributed by atoms with Gasteiger partial charge in [0, 0.05) is 16.7 Å². The largest absolute Gasteiger partial charge is 0.208 e. The fourth-order valence-electron chi connectivity index (χ4n) is 3.47. The summed E-state index contributed by atoms with van der Waals surface area (Å²) in [6, 6.07) is 24.8. The van der Waals surface area contributed by atoms with Crippen molar-refractivity contribution in [3.05, 3.63) is 121 Å². The number of hydrogen-bond acceptors (Lipinski definition) is 3. The molecule has 0 aliphatic heterocycles. The Kier molecular flexibility index (Phi) is 11.2. The first-order valence-electron chi connectivity index (χ1n) is 12.5. The molecule has 0 radical (unpaired) electrons. The fraction of sp³-hybridized carbons (Fsp3) is 0.182. The van der Waals surface area contributed by atoms with Crippen LogP contribution < -0.4 is 0 Å². The van der Waals surface area contributed by atoms with Crippen molar-refractivity contribution in [2.45, 2.75) is 41.5 Å². The Hall–Kier alpha value is -4.11. The molecule has 0 spiro atoms. The Morgan fingerprint density at radius 2 is 1.19 bits per heavy atom. The number of benzene rings is 3. The number of rotatable bonds is 6. The van der Waals surface area contributed by atoms with E-state index < -0.39 is 0 Å². The summed E-state index contributed by atoms with van der Waals surface area (Å²) >= 11 is 0. The van der Waals surface area contributed by atoms with Crippen LogP contribution in [0.15, 0.2) is 104 Å². The maximum absolute atomic E-state index is 4.81. The van der Waals surface area contributed by atoms with Crippen molar-refractivity contribution in [3.8, 4) is 33.9 Å². The minimum atomic E-state index is 0.570. The average molecular weight is 476 g/mol. The van der Waals surface area contributed by atoms with Gasteiger partial charge in [-0.25, -0.2) is 15.0 Å². The summed E-state index contributed by atoms with van der Waals surface area (Å²) in [4.78, 5) is 14.3. The van der Waals surface area contributed by atoms with Crippen LogP contribution in [0.3, 0.4) is 0 Å². The van der Waals surface area contributed by atoms with Gasteiger partial charge >= 0.3 is 0 Å². The van der Waals surface area contributed by atoms with Gasteiger partial charge in [-0.2, -0.15) is 0 Å². The minimum Gasteiger partial charge on any atom is -0.208 e. The van der Waals surface area contributed by atoms with Crippen molar-refractivity contribution >= 4 is 5.57 Å². The van der Waals surface area contributed by atoms with E-state index in [0.29, 0.717) is 17.5 Å². The monoisotopic (exact) mass is 475 g/mol. The van der Waals surface area contributed by atoms with Gasteiger partial charge in [0.1, 0.15) is 0 Å². The number of hydrogen-bond donors (Lipinski definition) is 0. The smallest absolute Gasteiger partial charge is 0.164 e. The van der Waals surface area contributed by atoms with Gasteiger partial charge in [-0.15, -0.1) is 0 Å². The zero-order chi connectivity index (χ0) is 26.5. The third kappa shape index (κ3) is 6.96. The van der Waals surface area contributed by atoms with Crippen molar-refractivity contribution in [1.82, 2.24) is 15.0 Å². The maximum atomic E-state index is 4.81. The first-order chi connectivity index (χ1) is 17.6. The first-order valence-corrected chi connectivity index (χ1v) is 12.5. The van der Waals surface area contributed by atoms with Crippen molar-refractivity contribution in [2.24, 2.45) is 0 Å². The number of aromatic nitrogens is 3. The Morgan fingerprint density at radius 3 is 1.81 bits per heavy atom. The summed E-state index contributed by atoms with van der Waals surface area (Å²) in [5, 5.41) is 0. The van der Waals surface area contributed by atoms with Gasteiger partial charge in [0.2, 0.25) is 0 Å². The van der Waals surface area contributed by atoms with E-state index in [-0.39, 0.29) is 0 Å². The molecular weight excluding hydrogens is 438 g/mol. The van der Waals surface area contributed by atoms with Gasteiger partial charge in [-0.05, 0) is 42.2 Å². The number of nitrogens with zero attached hydrogens (tertiary/aromatic N) is 3. The molecule has 36 heavy (non-hydrogen) atoms. The molecule has 0 atom stereocenters. The zero-order valence-corrected chi connectivity index (χ0v) is 22.4. The van der Waals surface area contributed by atoms with Gasteiger partial charge in [0.05, 0.1) is 0 Å². The zero-order valence-electron chi connectivity index (χ0n) is 22.4. The normalized spacial score (nSPS) is 10.3. The van der Waals surface area contributed by atoms with E-state index in [1.165, 1.54) is 16.7 Å². The maximum Gasteiger partial charge on any atom is 0.164 e. The number of allylic oxidation sites excluding steroid dienone is 4. The third-order valence-electron chi connectivity index (χ3n) is 5.40. The van der Waals surface area contributed by atoms with Crippen molar-refractivity contribution in [1.29, 1.82) is 0 Å². The molecule has 4 aromatic rings. The van der Waals surface area contributed by atoms with Gasteiger partial charge < -0.3 is 0 Å². The lowest BCUT2D eigenvalue weighted by atomic mass is 9.99. The average Bonchev–Trinajstić information content (AvgIpc) is 2.95. The van der Waals surface area contributed by atoms with Gasteiger partial charge in [0.15, 0.2) is 17.5 Å². The van der Waals surface area contributed by atoms with Crippen LogP contribution in [0.5, 0.6) is 0 Å². The van der Waals surface area contributed by atoms with E-state index in [1.54, 1.807) is 12.2 Å². The van der Waals surface area contributed by atoms with E-state index in [0.717, 1.165) is 22.3 Å². The second-order valence-electron chi connectivity index (χ2n) is 7.61. The Balaban J connectivity index is 0.00000109. The van der Waals surface area contributed by atoms with Crippen LogP contribution >= 0.6 is 0 Å². The van der Waals surface area contributed by atoms with Crippen LogP contribution in [0.2, 0.25) is 0 Å². The molecule has 0 aliphatic rings. The second-order valence-corrected chi connectivity index (χ2v) is 7.61. The van der Waals surface area contributed by atoms with Crippen LogP contribution in [0.4, 0.5) is 0 Å². The molecule has 0 N–H and O–H groups in total. The molecule has 0 amide bonds. The predicted octanol–water partition coefficient (Wildman–Crippen LogP) is 9.30. The summed E-state index contributed by atoms with van der Waals surface area (Å²) in [7, 11) is 0. The summed E-state index contributed by atoms with van der Waals surface area (Å²) < 4.78 is 0. The third-order valence-corrected chi connectivity index (χ3v) is 5.40. The van der Waals surface area contributed by atoms with E-state index in [4.69, 9.17) is 15.0 Å². The lowest BCUT2D eigenvalue weighted by Gasteiger charge is -2.10. The van der Waals surface area contributed by atoms with Gasteiger partial charge in [0.25, 0.3) is 0 Å². The van der Waals surface area contributed by atoms with E-state index in [1.807, 2.05) is 76.2 Å². The molecule has 0 saturated heterocycles. The second kappa shape index (κ2) is 14.3. The number of aryl methyl sites for hydroxylation is 2. The van der Waals surface area contributed by atoms with E-state index in [2.05, 4.69) is 57.3 Å². The lowest BCUT2D eigenvalue weighted by molar-refractivity contribution is 1.04. The van der Waals surface area contributed by atoms with Crippen LogP contribution in [-0.4, -0.2) is 15.0 Å². The summed E-state index contributed by atoms with van der Waals surface area (Å²) in [5.74, 6) is 1.82. The molecule has 3 nitrogen and oxygen atoms in total. The molecule has 0 fully saturated rings. The molecule has 0 saturated carbocycles. The minimum absolute atomic E-state index is 0.570.